The number of para-hydroxylation sites is 1. The highest BCUT2D eigenvalue weighted by Gasteiger charge is 2.52. The average molecular weight is 449 g/mol. The summed E-state index contributed by atoms with van der Waals surface area (Å²) >= 11 is 0. The van der Waals surface area contributed by atoms with E-state index in [0.717, 1.165) is 5.56 Å². The van der Waals surface area contributed by atoms with Crippen LogP contribution in [0, 0.1) is 0 Å². The number of benzene rings is 2. The van der Waals surface area contributed by atoms with Crippen molar-refractivity contribution in [2.45, 2.75) is 44.8 Å². The molecule has 2 aliphatic heterocycles. The van der Waals surface area contributed by atoms with Crippen molar-refractivity contribution < 1.29 is 19.2 Å². The monoisotopic (exact) mass is 448 g/mol. The number of hydrogen-bond donors (Lipinski definition) is 2. The number of nitrogens with zero attached hydrogens (tertiary/aromatic N) is 2. The first kappa shape index (κ1) is 22.5. The van der Waals surface area contributed by atoms with E-state index in [4.69, 9.17) is 0 Å². The summed E-state index contributed by atoms with van der Waals surface area (Å²) in [6, 6.07) is 14.3. The van der Waals surface area contributed by atoms with E-state index in [2.05, 4.69) is 10.6 Å². The summed E-state index contributed by atoms with van der Waals surface area (Å²) in [5.41, 5.74) is 1.95. The number of amides is 4. The molecule has 1 saturated heterocycles. The summed E-state index contributed by atoms with van der Waals surface area (Å²) in [5.74, 6) is -0.352. The van der Waals surface area contributed by atoms with Crippen LogP contribution in [0.5, 0.6) is 0 Å². The average Bonchev–Trinajstić information content (AvgIpc) is 3.14. The molecule has 1 atom stereocenters. The molecule has 2 aliphatic rings. The molecular formula is C25H28N4O4. The van der Waals surface area contributed by atoms with Gasteiger partial charge < -0.3 is 15.5 Å². The maximum Gasteiger partial charge on any atom is 0.257 e. The Bertz CT molecular complexity index is 1100. The third-order valence-corrected chi connectivity index (χ3v) is 6.46. The minimum Gasteiger partial charge on any atom is -0.355 e. The van der Waals surface area contributed by atoms with E-state index >= 15 is 0 Å². The van der Waals surface area contributed by atoms with E-state index in [-0.39, 0.29) is 30.0 Å². The molecular weight excluding hydrogens is 420 g/mol. The molecule has 2 heterocycles. The summed E-state index contributed by atoms with van der Waals surface area (Å²) in [6.07, 6.45) is 1.73. The van der Waals surface area contributed by atoms with Crippen molar-refractivity contribution in [1.82, 2.24) is 15.5 Å². The second-order valence-electron chi connectivity index (χ2n) is 8.58. The quantitative estimate of drug-likeness (QED) is 0.680. The van der Waals surface area contributed by atoms with Gasteiger partial charge in [-0.1, -0.05) is 24.3 Å². The standard InChI is InChI=1S/C25H28N4O4/c1-25-14-13-22(31)29(25)20-7-4-3-6-19(20)24(33)28(25)15-5-8-21(30)27-16-17-9-11-18(12-10-17)23(32)26-2/h3-4,6-7,9-12H,5,8,13-16H2,1-2H3,(H,26,32)(H,27,30). The molecule has 1 fully saturated rings. The molecule has 1 unspecified atom stereocenters. The number of fused-ring (bicyclic) bond motifs is 3. The van der Waals surface area contributed by atoms with Crippen LogP contribution in [0.25, 0.3) is 0 Å². The fraction of sp³-hybridized carbons (Fsp3) is 0.360. The van der Waals surface area contributed by atoms with E-state index < -0.39 is 5.66 Å². The molecule has 2 N–H and O–H groups in total. The number of nitrogens with one attached hydrogen (secondary N) is 2. The SMILES string of the molecule is CNC(=O)c1ccc(CNC(=O)CCCN2C(=O)c3ccccc3N3C(=O)CCC23C)cc1. The van der Waals surface area contributed by atoms with Gasteiger partial charge in [0.2, 0.25) is 11.8 Å². The predicted octanol–water partition coefficient (Wildman–Crippen LogP) is 2.44. The van der Waals surface area contributed by atoms with E-state index in [9.17, 15) is 19.2 Å². The molecule has 0 radical (unpaired) electrons. The number of carbonyl (C=O) groups excluding carboxylic acids is 4. The van der Waals surface area contributed by atoms with Crippen molar-refractivity contribution in [2.24, 2.45) is 0 Å². The lowest BCUT2D eigenvalue weighted by Crippen LogP contribution is -2.62. The molecule has 4 rings (SSSR count). The highest BCUT2D eigenvalue weighted by Crippen LogP contribution is 2.43. The Hall–Kier alpha value is -3.68. The van der Waals surface area contributed by atoms with Crippen molar-refractivity contribution in [3.05, 3.63) is 65.2 Å². The fourth-order valence-corrected chi connectivity index (χ4v) is 4.65. The minimum absolute atomic E-state index is 0.0163. The van der Waals surface area contributed by atoms with E-state index in [0.29, 0.717) is 49.2 Å². The Morgan fingerprint density at radius 3 is 2.52 bits per heavy atom. The zero-order valence-corrected chi connectivity index (χ0v) is 18.9. The third kappa shape index (κ3) is 4.20. The lowest BCUT2D eigenvalue weighted by Gasteiger charge is -2.48. The molecule has 172 valence electrons. The molecule has 8 nitrogen and oxygen atoms in total. The largest absolute Gasteiger partial charge is 0.355 e. The van der Waals surface area contributed by atoms with Crippen LogP contribution in [0.4, 0.5) is 5.69 Å². The van der Waals surface area contributed by atoms with Crippen molar-refractivity contribution in [1.29, 1.82) is 0 Å². The van der Waals surface area contributed by atoms with Crippen LogP contribution in [0.15, 0.2) is 48.5 Å². The molecule has 0 aliphatic carbocycles. The first-order valence-corrected chi connectivity index (χ1v) is 11.2. The maximum atomic E-state index is 13.2. The van der Waals surface area contributed by atoms with E-state index in [1.165, 1.54) is 0 Å². The van der Waals surface area contributed by atoms with Gasteiger partial charge in [0.15, 0.2) is 0 Å². The van der Waals surface area contributed by atoms with Crippen molar-refractivity contribution in [3.63, 3.8) is 0 Å². The fourth-order valence-electron chi connectivity index (χ4n) is 4.65. The number of anilines is 1. The van der Waals surface area contributed by atoms with Crippen LogP contribution in [-0.2, 0) is 16.1 Å². The molecule has 0 spiro atoms. The topological polar surface area (TPSA) is 98.8 Å². The zero-order chi connectivity index (χ0) is 23.6. The van der Waals surface area contributed by atoms with Crippen LogP contribution in [0.1, 0.15) is 58.9 Å². The zero-order valence-electron chi connectivity index (χ0n) is 18.9. The molecule has 0 aromatic heterocycles. The van der Waals surface area contributed by atoms with Gasteiger partial charge in [-0.05, 0) is 49.6 Å². The first-order chi connectivity index (χ1) is 15.8. The third-order valence-electron chi connectivity index (χ3n) is 6.46. The minimum atomic E-state index is -0.703. The lowest BCUT2D eigenvalue weighted by atomic mass is 9.98. The number of hydrogen-bond acceptors (Lipinski definition) is 4. The second kappa shape index (κ2) is 9.05. The summed E-state index contributed by atoms with van der Waals surface area (Å²) in [4.78, 5) is 53.3. The maximum absolute atomic E-state index is 13.2. The molecule has 0 bridgehead atoms. The summed E-state index contributed by atoms with van der Waals surface area (Å²) in [5, 5.41) is 5.45. The van der Waals surface area contributed by atoms with Crippen molar-refractivity contribution in [3.8, 4) is 0 Å². The second-order valence-corrected chi connectivity index (χ2v) is 8.58. The van der Waals surface area contributed by atoms with Crippen LogP contribution in [0.3, 0.4) is 0 Å². The normalized spacial score (nSPS) is 19.2. The van der Waals surface area contributed by atoms with Crippen LogP contribution < -0.4 is 15.5 Å². The Kier molecular flexibility index (Phi) is 6.18. The Morgan fingerprint density at radius 2 is 1.79 bits per heavy atom. The smallest absolute Gasteiger partial charge is 0.257 e. The van der Waals surface area contributed by atoms with E-state index in [1.807, 2.05) is 19.1 Å². The summed E-state index contributed by atoms with van der Waals surface area (Å²) in [6.45, 7) is 2.68. The van der Waals surface area contributed by atoms with Crippen LogP contribution >= 0.6 is 0 Å². The van der Waals surface area contributed by atoms with Gasteiger partial charge in [-0.15, -0.1) is 0 Å². The number of rotatable bonds is 7. The van der Waals surface area contributed by atoms with Gasteiger partial charge in [-0.25, -0.2) is 0 Å². The predicted molar refractivity (Wildman–Crippen MR) is 124 cm³/mol. The van der Waals surface area contributed by atoms with Crippen LogP contribution in [-0.4, -0.2) is 47.8 Å². The van der Waals surface area contributed by atoms with Crippen molar-refractivity contribution in [2.75, 3.05) is 18.5 Å². The van der Waals surface area contributed by atoms with Gasteiger partial charge in [0.25, 0.3) is 11.8 Å². The number of carbonyl (C=O) groups is 4. The first-order valence-electron chi connectivity index (χ1n) is 11.2. The van der Waals surface area contributed by atoms with Gasteiger partial charge in [0, 0.05) is 38.5 Å². The Morgan fingerprint density at radius 1 is 1.06 bits per heavy atom. The van der Waals surface area contributed by atoms with Gasteiger partial charge >= 0.3 is 0 Å². The lowest BCUT2D eigenvalue weighted by molar-refractivity contribution is -0.121. The molecule has 4 amide bonds. The molecule has 0 saturated carbocycles. The molecule has 33 heavy (non-hydrogen) atoms. The molecule has 2 aromatic carbocycles. The van der Waals surface area contributed by atoms with Crippen molar-refractivity contribution >= 4 is 29.3 Å². The Labute approximate surface area is 192 Å². The van der Waals surface area contributed by atoms with Gasteiger partial charge in [-0.2, -0.15) is 0 Å². The molecule has 8 heteroatoms. The van der Waals surface area contributed by atoms with Gasteiger partial charge in [0.1, 0.15) is 5.66 Å². The van der Waals surface area contributed by atoms with Crippen LogP contribution in [0.2, 0.25) is 0 Å². The molecule has 2 aromatic rings. The summed E-state index contributed by atoms with van der Waals surface area (Å²) < 4.78 is 0. The van der Waals surface area contributed by atoms with Gasteiger partial charge in [-0.3, -0.25) is 24.1 Å². The van der Waals surface area contributed by atoms with Gasteiger partial charge in [0.05, 0.1) is 11.3 Å². The highest BCUT2D eigenvalue weighted by atomic mass is 16.2. The Balaban J connectivity index is 1.34. The van der Waals surface area contributed by atoms with E-state index in [1.54, 1.807) is 53.2 Å². The summed E-state index contributed by atoms with van der Waals surface area (Å²) in [7, 11) is 1.58. The highest BCUT2D eigenvalue weighted by molar-refractivity contribution is 6.10.